The zero-order valence-corrected chi connectivity index (χ0v) is 34.5. The molecular weight excluding hydrogens is 871 g/mol. The number of nitrogens with two attached hydrogens (primary N) is 1. The molecule has 1 aromatic carbocycles. The lowest BCUT2D eigenvalue weighted by atomic mass is 9.87. The SMILES string of the molecule is CC(C)(COP(=O)(O)OP(=O)(O)OC[C@H]1O[C@@H](n2cnc3c(N)ncnc32)[C@H](O)[C@@H]1OP(=O)(O)O)[C@@H](O)C(=O)NCCC(=O)NCCSC(=O)C(O)=Cc1ccccc1. The molecule has 1 aliphatic heterocycles. The second kappa shape index (κ2) is 20.3. The van der Waals surface area contributed by atoms with Crippen LogP contribution in [0.5, 0.6) is 0 Å². The van der Waals surface area contributed by atoms with Crippen LogP contribution < -0.4 is 16.4 Å². The number of benzene rings is 1. The molecule has 29 heteroatoms. The van der Waals surface area contributed by atoms with Crippen LogP contribution >= 0.6 is 35.2 Å². The molecule has 0 bridgehead atoms. The van der Waals surface area contributed by atoms with Crippen LogP contribution in [0.2, 0.25) is 0 Å². The summed E-state index contributed by atoms with van der Waals surface area (Å²) in [5.41, 5.74) is 4.84. The highest BCUT2D eigenvalue weighted by Crippen LogP contribution is 2.61. The molecule has 2 aromatic heterocycles. The van der Waals surface area contributed by atoms with E-state index in [0.29, 0.717) is 5.56 Å². The maximum atomic E-state index is 12.7. The van der Waals surface area contributed by atoms with E-state index in [-0.39, 0.29) is 42.2 Å². The number of rotatable bonds is 21. The lowest BCUT2D eigenvalue weighted by molar-refractivity contribution is -0.137. The van der Waals surface area contributed by atoms with Crippen molar-refractivity contribution in [3.63, 3.8) is 0 Å². The van der Waals surface area contributed by atoms with E-state index in [9.17, 15) is 63.0 Å². The number of hydrogen-bond donors (Lipinski definition) is 10. The molecule has 0 radical (unpaired) electrons. The summed E-state index contributed by atoms with van der Waals surface area (Å²) in [6, 6.07) is 8.67. The first kappa shape index (κ1) is 48.0. The Morgan fingerprint density at radius 2 is 1.71 bits per heavy atom. The highest BCUT2D eigenvalue weighted by Gasteiger charge is 2.50. The van der Waals surface area contributed by atoms with E-state index in [1.807, 2.05) is 0 Å². The first-order chi connectivity index (χ1) is 27.5. The maximum absolute atomic E-state index is 12.7. The Balaban J connectivity index is 1.21. The number of amides is 2. The summed E-state index contributed by atoms with van der Waals surface area (Å²) in [5, 5.41) is 35.7. The van der Waals surface area contributed by atoms with Crippen molar-refractivity contribution < 1.29 is 85.6 Å². The van der Waals surface area contributed by atoms with E-state index in [2.05, 4.69) is 34.4 Å². The van der Waals surface area contributed by atoms with E-state index < -0.39 is 95.4 Å². The molecule has 1 saturated heterocycles. The average Bonchev–Trinajstić information content (AvgIpc) is 3.71. The summed E-state index contributed by atoms with van der Waals surface area (Å²) in [7, 11) is -16.4. The monoisotopic (exact) mass is 913 g/mol. The van der Waals surface area contributed by atoms with Crippen molar-refractivity contribution in [2.45, 2.75) is 50.9 Å². The predicted molar refractivity (Wildman–Crippen MR) is 204 cm³/mol. The van der Waals surface area contributed by atoms with Gasteiger partial charge < -0.3 is 56.0 Å². The standard InChI is InChI=1S/C30H42N7O18P3S/c1-30(2,24(41)27(42)33-9-8-20(39)32-10-11-59-29(43)18(38)12-17-6-4-3-5-7-17)14-52-58(49,50)55-57(47,48)51-13-19-23(54-56(44,45)46)22(40)28(53-19)37-16-36-21-25(31)34-15-35-26(21)37/h3-7,12,15-16,19,22-24,28,38,40-41H,8-11,13-14H2,1-2H3,(H,32,39)(H,33,42)(H,47,48)(H,49,50)(H2,31,34,35)(H2,44,45,46)/t19-,22-,23-,24+,28-/m1/s1. The molecule has 7 atom stereocenters. The second-order valence-corrected chi connectivity index (χ2v) is 18.4. The summed E-state index contributed by atoms with van der Waals surface area (Å²) in [5.74, 6) is -1.89. The number of nitrogens with zero attached hydrogens (tertiary/aromatic N) is 4. The van der Waals surface area contributed by atoms with Crippen LogP contribution in [0.1, 0.15) is 32.1 Å². The first-order valence-electron chi connectivity index (χ1n) is 17.0. The van der Waals surface area contributed by atoms with E-state index in [1.54, 1.807) is 30.3 Å². The van der Waals surface area contributed by atoms with Crippen molar-refractivity contribution in [2.24, 2.45) is 5.41 Å². The molecular formula is C30H42N7O18P3S. The van der Waals surface area contributed by atoms with Crippen LogP contribution in [-0.2, 0) is 50.7 Å². The van der Waals surface area contributed by atoms with Gasteiger partial charge in [-0.25, -0.2) is 28.6 Å². The molecule has 1 fully saturated rings. The van der Waals surface area contributed by atoms with Crippen molar-refractivity contribution in [1.29, 1.82) is 0 Å². The number of ether oxygens (including phenoxy) is 1. The number of nitrogen functional groups attached to an aromatic ring is 1. The lowest BCUT2D eigenvalue weighted by Crippen LogP contribution is -2.46. The zero-order valence-electron chi connectivity index (χ0n) is 31.0. The number of aliphatic hydroxyl groups is 3. The summed E-state index contributed by atoms with van der Waals surface area (Å²) < 4.78 is 62.1. The summed E-state index contributed by atoms with van der Waals surface area (Å²) in [6.07, 6.45) is -5.76. The van der Waals surface area contributed by atoms with Gasteiger partial charge in [-0.15, -0.1) is 0 Å². The van der Waals surface area contributed by atoms with Crippen molar-refractivity contribution in [3.05, 3.63) is 54.3 Å². The fourth-order valence-electron chi connectivity index (χ4n) is 5.11. The number of aromatic nitrogens is 4. The number of aliphatic hydroxyl groups excluding tert-OH is 3. The maximum Gasteiger partial charge on any atom is 0.481 e. The smallest absolute Gasteiger partial charge is 0.481 e. The largest absolute Gasteiger partial charge is 0.504 e. The quantitative estimate of drug-likeness (QED) is 0.0296. The van der Waals surface area contributed by atoms with E-state index in [4.69, 9.17) is 19.5 Å². The molecule has 1 aliphatic rings. The Bertz CT molecular complexity index is 2140. The summed E-state index contributed by atoms with van der Waals surface area (Å²) in [4.78, 5) is 87.8. The van der Waals surface area contributed by atoms with Crippen LogP contribution in [0, 0.1) is 5.41 Å². The minimum atomic E-state index is -5.59. The molecule has 326 valence electrons. The Morgan fingerprint density at radius 1 is 1.03 bits per heavy atom. The Hall–Kier alpha value is -3.68. The fraction of sp³-hybridized carbons (Fsp3) is 0.467. The van der Waals surface area contributed by atoms with Gasteiger partial charge in [0.1, 0.15) is 36.3 Å². The number of phosphoric ester groups is 3. The van der Waals surface area contributed by atoms with Gasteiger partial charge in [-0.2, -0.15) is 4.31 Å². The number of hydrogen-bond acceptors (Lipinski definition) is 19. The molecule has 25 nitrogen and oxygen atoms in total. The zero-order chi connectivity index (χ0) is 43.8. The average molecular weight is 914 g/mol. The first-order valence-corrected chi connectivity index (χ1v) is 22.5. The van der Waals surface area contributed by atoms with Crippen molar-refractivity contribution in [3.8, 4) is 0 Å². The molecule has 2 amide bonds. The predicted octanol–water partition coefficient (Wildman–Crippen LogP) is 0.264. The van der Waals surface area contributed by atoms with Gasteiger partial charge in [-0.05, 0) is 11.6 Å². The molecule has 11 N–H and O–H groups in total. The molecule has 3 heterocycles. The molecule has 0 saturated carbocycles. The van der Waals surface area contributed by atoms with E-state index in [1.165, 1.54) is 19.9 Å². The lowest BCUT2D eigenvalue weighted by Gasteiger charge is -2.30. The number of nitrogens with one attached hydrogen (secondary N) is 2. The minimum absolute atomic E-state index is 0.0226. The highest BCUT2D eigenvalue weighted by atomic mass is 32.2. The molecule has 59 heavy (non-hydrogen) atoms. The van der Waals surface area contributed by atoms with Gasteiger partial charge >= 0.3 is 23.5 Å². The van der Waals surface area contributed by atoms with Crippen LogP contribution in [0.4, 0.5) is 5.82 Å². The van der Waals surface area contributed by atoms with Gasteiger partial charge in [-0.1, -0.05) is 55.9 Å². The van der Waals surface area contributed by atoms with Gasteiger partial charge in [0, 0.05) is 30.7 Å². The van der Waals surface area contributed by atoms with Crippen molar-refractivity contribution >= 4 is 75.2 Å². The second-order valence-electron chi connectivity index (χ2n) is 13.1. The minimum Gasteiger partial charge on any atom is -0.504 e. The van der Waals surface area contributed by atoms with Crippen molar-refractivity contribution in [1.82, 2.24) is 30.2 Å². The number of anilines is 1. The number of thioether (sulfide) groups is 1. The summed E-state index contributed by atoms with van der Waals surface area (Å²) >= 11 is 0.779. The molecule has 4 rings (SSSR count). The number of imidazole rings is 1. The number of carbonyl (C=O) groups excluding carboxylic acids is 3. The van der Waals surface area contributed by atoms with Crippen LogP contribution in [0.25, 0.3) is 17.2 Å². The van der Waals surface area contributed by atoms with Gasteiger partial charge in [0.2, 0.25) is 11.8 Å². The number of phosphoric acid groups is 3. The third-order valence-electron chi connectivity index (χ3n) is 8.05. The molecule has 0 spiro atoms. The number of fused-ring (bicyclic) bond motifs is 1. The molecule has 3 aromatic rings. The van der Waals surface area contributed by atoms with Gasteiger partial charge in [0.05, 0.1) is 19.5 Å². The Kier molecular flexibility index (Phi) is 16.5. The topological polar surface area (TPSA) is 384 Å². The van der Waals surface area contributed by atoms with Gasteiger partial charge in [0.15, 0.2) is 23.5 Å². The van der Waals surface area contributed by atoms with Crippen molar-refractivity contribution in [2.75, 3.05) is 37.8 Å². The molecule has 0 aliphatic carbocycles. The van der Waals surface area contributed by atoms with Crippen LogP contribution in [0.15, 0.2) is 48.7 Å². The normalized spacial score (nSPS) is 21.4. The highest BCUT2D eigenvalue weighted by molar-refractivity contribution is 8.14. The van der Waals surface area contributed by atoms with E-state index >= 15 is 0 Å². The van der Waals surface area contributed by atoms with E-state index in [0.717, 1.165) is 29.0 Å². The fourth-order valence-corrected chi connectivity index (χ4v) is 8.54. The van der Waals surface area contributed by atoms with Crippen LogP contribution in [-0.4, -0.2) is 128 Å². The van der Waals surface area contributed by atoms with Gasteiger partial charge in [0.25, 0.3) is 5.12 Å². The summed E-state index contributed by atoms with van der Waals surface area (Å²) in [6.45, 7) is 0.220. The molecule has 2 unspecified atom stereocenters. The van der Waals surface area contributed by atoms with Crippen LogP contribution in [0.3, 0.4) is 0 Å². The van der Waals surface area contributed by atoms with Gasteiger partial charge in [-0.3, -0.25) is 32.5 Å². The Labute approximate surface area is 338 Å². The number of carbonyl (C=O) groups is 3. The Morgan fingerprint density at radius 3 is 2.39 bits per heavy atom. The third-order valence-corrected chi connectivity index (χ3v) is 12.0. The third kappa shape index (κ3) is 14.2.